The molecular weight excluding hydrogens is 500 g/mol. The van der Waals surface area contributed by atoms with Gasteiger partial charge in [-0.25, -0.2) is 0 Å². The molecule has 0 spiro atoms. The van der Waals surface area contributed by atoms with Crippen LogP contribution in [-0.4, -0.2) is 63.7 Å². The topological polar surface area (TPSA) is 117 Å². The highest BCUT2D eigenvalue weighted by molar-refractivity contribution is 8.25. The highest BCUT2D eigenvalue weighted by atomic mass is 32.3. The zero-order valence-electron chi connectivity index (χ0n) is 23.0. The molecule has 3 atom stereocenters. The Bertz CT molecular complexity index is 1010. The molecule has 0 aliphatic carbocycles. The van der Waals surface area contributed by atoms with E-state index in [1.165, 1.54) is 0 Å². The van der Waals surface area contributed by atoms with Crippen molar-refractivity contribution in [2.24, 2.45) is 0 Å². The smallest absolute Gasteiger partial charge is 0.251 e. The summed E-state index contributed by atoms with van der Waals surface area (Å²) in [5, 5.41) is 20.9. The van der Waals surface area contributed by atoms with Crippen LogP contribution in [0.5, 0.6) is 0 Å². The van der Waals surface area contributed by atoms with Gasteiger partial charge in [0, 0.05) is 36.9 Å². The molecule has 1 aliphatic heterocycles. The van der Waals surface area contributed by atoms with Crippen molar-refractivity contribution in [3.05, 3.63) is 59.7 Å². The molecule has 1 amide bonds. The summed E-state index contributed by atoms with van der Waals surface area (Å²) >= 11 is 0. The Balaban J connectivity index is 1.82. The third-order valence-corrected chi connectivity index (χ3v) is 8.91. The fraction of sp³-hybridized carbons (Fsp3) is 0.552. The number of hydrogen-bond acceptors (Lipinski definition) is 7. The van der Waals surface area contributed by atoms with Crippen LogP contribution in [0.1, 0.15) is 68.8 Å². The molecule has 38 heavy (non-hydrogen) atoms. The molecule has 9 heteroatoms. The maximum atomic E-state index is 13.6. The van der Waals surface area contributed by atoms with Crippen LogP contribution < -0.4 is 20.3 Å². The monoisotopic (exact) mass is 546 g/mol. The molecule has 1 aliphatic rings. The Labute approximate surface area is 229 Å². The first-order valence-electron chi connectivity index (χ1n) is 13.9. The number of anilines is 2. The number of carbonyl (C=O) groups excluding carboxylic acids is 1. The quantitative estimate of drug-likeness (QED) is 0.192. The SMILES string of the molecule is CCCCC(C)NC[C@H](O)[C@H](Cc1ccccc1)NC(=O)c1cc(NCC)cc(N2CCCCS2(O)O)c1. The maximum absolute atomic E-state index is 13.6. The molecular formula is C29H46N4O4S. The number of aliphatic hydroxyl groups is 1. The Hall–Kier alpha value is -2.30. The van der Waals surface area contributed by atoms with E-state index in [0.717, 1.165) is 43.4 Å². The lowest BCUT2D eigenvalue weighted by molar-refractivity contribution is 0.0825. The summed E-state index contributed by atoms with van der Waals surface area (Å²) < 4.78 is 23.0. The van der Waals surface area contributed by atoms with Gasteiger partial charge >= 0.3 is 0 Å². The molecule has 1 heterocycles. The summed E-state index contributed by atoms with van der Waals surface area (Å²) in [7, 11) is -2.92. The van der Waals surface area contributed by atoms with Gasteiger partial charge in [0.25, 0.3) is 5.91 Å². The normalized spacial score (nSPS) is 18.3. The second-order valence-electron chi connectivity index (χ2n) is 10.2. The van der Waals surface area contributed by atoms with Crippen molar-refractivity contribution in [1.29, 1.82) is 0 Å². The van der Waals surface area contributed by atoms with Gasteiger partial charge in [-0.1, -0.05) is 50.1 Å². The van der Waals surface area contributed by atoms with Crippen LogP contribution in [0.25, 0.3) is 0 Å². The predicted octanol–water partition coefficient (Wildman–Crippen LogP) is 5.25. The zero-order chi connectivity index (χ0) is 27.5. The van der Waals surface area contributed by atoms with Crippen molar-refractivity contribution in [2.45, 2.75) is 77.5 Å². The first-order chi connectivity index (χ1) is 18.2. The van der Waals surface area contributed by atoms with Crippen molar-refractivity contribution in [3.63, 3.8) is 0 Å². The average molecular weight is 547 g/mol. The van der Waals surface area contributed by atoms with Crippen LogP contribution in [0.15, 0.2) is 48.5 Å². The van der Waals surface area contributed by atoms with Crippen LogP contribution in [0.2, 0.25) is 0 Å². The van der Waals surface area contributed by atoms with Gasteiger partial charge in [0.1, 0.15) is 0 Å². The van der Waals surface area contributed by atoms with E-state index in [9.17, 15) is 19.0 Å². The predicted molar refractivity (Wildman–Crippen MR) is 159 cm³/mol. The lowest BCUT2D eigenvalue weighted by Gasteiger charge is -2.47. The number of unbranched alkanes of at least 4 members (excludes halogenated alkanes) is 1. The van der Waals surface area contributed by atoms with Gasteiger partial charge in [0.15, 0.2) is 0 Å². The Morgan fingerprint density at radius 1 is 1.11 bits per heavy atom. The van der Waals surface area contributed by atoms with Gasteiger partial charge in [0.05, 0.1) is 23.6 Å². The summed E-state index contributed by atoms with van der Waals surface area (Å²) in [5.74, 6) is 0.0214. The summed E-state index contributed by atoms with van der Waals surface area (Å²) in [5.41, 5.74) is 2.79. The van der Waals surface area contributed by atoms with Crippen LogP contribution in [-0.2, 0) is 6.42 Å². The standard InChI is InChI=1S/C29H46N4O4S/c1-4-6-12-22(3)31-21-28(34)27(17-23-13-8-7-9-14-23)32-29(35)24-18-25(30-5-2)20-26(19-24)33-15-10-11-16-38(33,36)37/h7-9,13-14,18-20,22,27-28,30-31,34,36-37H,4-6,10-12,15-17,21H2,1-3H3,(H,32,35)/t22?,27-,28-/m0/s1. The average Bonchev–Trinajstić information content (AvgIpc) is 2.90. The summed E-state index contributed by atoms with van der Waals surface area (Å²) in [6.45, 7) is 7.82. The molecule has 0 radical (unpaired) electrons. The van der Waals surface area contributed by atoms with E-state index in [2.05, 4.69) is 29.8 Å². The number of nitrogens with one attached hydrogen (secondary N) is 3. The van der Waals surface area contributed by atoms with Gasteiger partial charge in [0.2, 0.25) is 0 Å². The number of aliphatic hydroxyl groups excluding tert-OH is 1. The van der Waals surface area contributed by atoms with Crippen molar-refractivity contribution >= 4 is 28.1 Å². The van der Waals surface area contributed by atoms with Gasteiger partial charge in [-0.3, -0.25) is 18.2 Å². The molecule has 1 unspecified atom stereocenters. The maximum Gasteiger partial charge on any atom is 0.251 e. The summed E-state index contributed by atoms with van der Waals surface area (Å²) in [6, 6.07) is 15.0. The van der Waals surface area contributed by atoms with E-state index >= 15 is 0 Å². The number of carbonyl (C=O) groups is 1. The van der Waals surface area contributed by atoms with Crippen molar-refractivity contribution in [1.82, 2.24) is 10.6 Å². The second kappa shape index (κ2) is 14.7. The van der Waals surface area contributed by atoms with Gasteiger partial charge < -0.3 is 21.1 Å². The van der Waals surface area contributed by atoms with E-state index in [4.69, 9.17) is 0 Å². The molecule has 2 aromatic rings. The zero-order valence-corrected chi connectivity index (χ0v) is 23.8. The number of amides is 1. The van der Waals surface area contributed by atoms with Crippen molar-refractivity contribution in [2.75, 3.05) is 35.0 Å². The van der Waals surface area contributed by atoms with Crippen molar-refractivity contribution < 1.29 is 19.0 Å². The molecule has 3 rings (SSSR count). The molecule has 1 saturated heterocycles. The fourth-order valence-corrected chi connectivity index (χ4v) is 6.45. The molecule has 0 saturated carbocycles. The number of rotatable bonds is 14. The first kappa shape index (κ1) is 30.2. The Morgan fingerprint density at radius 2 is 1.87 bits per heavy atom. The molecule has 8 nitrogen and oxygen atoms in total. The van der Waals surface area contributed by atoms with E-state index in [-0.39, 0.29) is 11.9 Å². The Kier molecular flexibility index (Phi) is 11.7. The number of hydrogen-bond donors (Lipinski definition) is 6. The van der Waals surface area contributed by atoms with E-state index < -0.39 is 22.9 Å². The largest absolute Gasteiger partial charge is 0.390 e. The van der Waals surface area contributed by atoms with E-state index in [1.54, 1.807) is 16.4 Å². The molecule has 0 bridgehead atoms. The van der Waals surface area contributed by atoms with Gasteiger partial charge in [-0.15, -0.1) is 10.8 Å². The summed E-state index contributed by atoms with van der Waals surface area (Å²) in [4.78, 5) is 13.6. The first-order valence-corrected chi connectivity index (χ1v) is 15.6. The minimum Gasteiger partial charge on any atom is -0.390 e. The van der Waals surface area contributed by atoms with E-state index in [1.807, 2.05) is 43.3 Å². The number of nitrogens with zero attached hydrogens (tertiary/aromatic N) is 1. The second-order valence-corrected chi connectivity index (χ2v) is 12.3. The molecule has 2 aromatic carbocycles. The molecule has 1 fully saturated rings. The van der Waals surface area contributed by atoms with Gasteiger partial charge in [-0.05, 0) is 63.3 Å². The third kappa shape index (κ3) is 8.88. The minimum atomic E-state index is -2.92. The van der Waals surface area contributed by atoms with Crippen LogP contribution in [0, 0.1) is 0 Å². The van der Waals surface area contributed by atoms with Crippen LogP contribution >= 0.6 is 10.8 Å². The number of benzene rings is 2. The molecule has 6 N–H and O–H groups in total. The molecule has 0 aromatic heterocycles. The minimum absolute atomic E-state index is 0.279. The van der Waals surface area contributed by atoms with Gasteiger partial charge in [-0.2, -0.15) is 0 Å². The van der Waals surface area contributed by atoms with Crippen LogP contribution in [0.3, 0.4) is 0 Å². The lowest BCUT2D eigenvalue weighted by Crippen LogP contribution is -2.49. The highest BCUT2D eigenvalue weighted by Crippen LogP contribution is 2.50. The highest BCUT2D eigenvalue weighted by Gasteiger charge is 2.28. The summed E-state index contributed by atoms with van der Waals surface area (Å²) in [6.07, 6.45) is 4.62. The Morgan fingerprint density at radius 3 is 2.55 bits per heavy atom. The van der Waals surface area contributed by atoms with Crippen LogP contribution in [0.4, 0.5) is 11.4 Å². The molecule has 212 valence electrons. The lowest BCUT2D eigenvalue weighted by atomic mass is 10.00. The van der Waals surface area contributed by atoms with Crippen molar-refractivity contribution in [3.8, 4) is 0 Å². The fourth-order valence-electron chi connectivity index (χ4n) is 4.78. The van der Waals surface area contributed by atoms with E-state index in [0.29, 0.717) is 43.1 Å². The third-order valence-electron chi connectivity index (χ3n) is 6.98.